The summed E-state index contributed by atoms with van der Waals surface area (Å²) in [6, 6.07) is 10.8. The number of benzene rings is 2. The molecule has 1 aromatic heterocycles. The highest BCUT2D eigenvalue weighted by Gasteiger charge is 2.42. The number of sulfonamides is 1. The Bertz CT molecular complexity index is 1480. The summed E-state index contributed by atoms with van der Waals surface area (Å²) in [6.45, 7) is 0.830. The molecule has 41 heavy (non-hydrogen) atoms. The third-order valence-electron chi connectivity index (χ3n) is 6.56. The lowest BCUT2D eigenvalue weighted by molar-refractivity contribution is -0.192. The van der Waals surface area contributed by atoms with Crippen molar-refractivity contribution in [2.75, 3.05) is 4.72 Å². The van der Waals surface area contributed by atoms with Crippen molar-refractivity contribution in [2.45, 2.75) is 61.5 Å². The molecule has 3 aromatic rings. The molecular weight excluding hydrogens is 633 g/mol. The molecule has 0 radical (unpaired) electrons. The number of alkyl halides is 3. The minimum atomic E-state index is -5.08. The summed E-state index contributed by atoms with van der Waals surface area (Å²) in [6.07, 6.45) is -0.0159. The Morgan fingerprint density at radius 2 is 1.83 bits per heavy atom. The first-order chi connectivity index (χ1) is 19.2. The molecule has 2 N–H and O–H groups in total. The predicted molar refractivity (Wildman–Crippen MR) is 145 cm³/mol. The lowest BCUT2D eigenvalue weighted by Crippen LogP contribution is -2.45. The number of halogens is 6. The summed E-state index contributed by atoms with van der Waals surface area (Å²) in [7, 11) is -4.17. The van der Waals surface area contributed by atoms with Crippen LogP contribution in [0.5, 0.6) is 5.75 Å². The largest absolute Gasteiger partial charge is 0.490 e. The number of aromatic nitrogens is 1. The maximum atomic E-state index is 14.8. The van der Waals surface area contributed by atoms with Crippen molar-refractivity contribution in [1.82, 2.24) is 9.88 Å². The summed E-state index contributed by atoms with van der Waals surface area (Å²) in [5.41, 5.74) is 1.18. The zero-order chi connectivity index (χ0) is 29.9. The molecule has 1 unspecified atom stereocenters. The number of ether oxygens (including phenoxy) is 1. The second-order valence-electron chi connectivity index (χ2n) is 9.36. The number of nitrogens with zero attached hydrogens (tertiary/aromatic N) is 2. The van der Waals surface area contributed by atoms with E-state index in [1.165, 1.54) is 11.8 Å². The molecule has 16 heteroatoms. The van der Waals surface area contributed by atoms with Gasteiger partial charge in [-0.25, -0.2) is 22.6 Å². The van der Waals surface area contributed by atoms with Gasteiger partial charge in [-0.3, -0.25) is 9.62 Å². The third kappa shape index (κ3) is 8.01. The van der Waals surface area contributed by atoms with E-state index >= 15 is 0 Å². The standard InChI is InChI=1S/C23H22Cl2FN3O3S2.C2HF3O2/c24-15-3-1-2-14(8-15)13-29-16-4-5-17(29)10-18(9-16)32-21-12-20(26)22(11-19(21)25)34(30,31)28-23-27-6-7-33-23;3-2(4,5)1(6)7/h1-3,6-8,11-12,16-18H,4-5,9-10,13H2,(H,27,28);(H,6,7)/t16-,17+,18?;. The number of carboxylic acids is 1. The Morgan fingerprint density at radius 1 is 1.17 bits per heavy atom. The van der Waals surface area contributed by atoms with E-state index in [4.69, 9.17) is 37.8 Å². The molecular formula is C25H23Cl2F4N3O5S2. The third-order valence-corrected chi connectivity index (χ3v) is 9.26. The van der Waals surface area contributed by atoms with E-state index in [-0.39, 0.29) is 22.0 Å². The van der Waals surface area contributed by atoms with E-state index in [1.54, 1.807) is 5.38 Å². The minimum Gasteiger partial charge on any atom is -0.489 e. The van der Waals surface area contributed by atoms with Crippen molar-refractivity contribution in [2.24, 2.45) is 0 Å². The van der Waals surface area contributed by atoms with Gasteiger partial charge in [-0.15, -0.1) is 11.3 Å². The molecule has 5 rings (SSSR count). The zero-order valence-electron chi connectivity index (χ0n) is 20.9. The number of aliphatic carboxylic acids is 1. The van der Waals surface area contributed by atoms with E-state index in [9.17, 15) is 26.0 Å². The lowest BCUT2D eigenvalue weighted by Gasteiger charge is -2.39. The second kappa shape index (κ2) is 12.7. The van der Waals surface area contributed by atoms with Gasteiger partial charge in [-0.1, -0.05) is 35.3 Å². The molecule has 2 saturated heterocycles. The van der Waals surface area contributed by atoms with E-state index in [0.717, 1.165) is 60.7 Å². The fourth-order valence-corrected chi connectivity index (χ4v) is 7.22. The van der Waals surface area contributed by atoms with Crippen LogP contribution in [-0.4, -0.2) is 53.7 Å². The molecule has 2 fully saturated rings. The molecule has 0 spiro atoms. The second-order valence-corrected chi connectivity index (χ2v) is 12.7. The first-order valence-corrected chi connectivity index (χ1v) is 15.2. The summed E-state index contributed by atoms with van der Waals surface area (Å²) in [5.74, 6) is -3.53. The number of hydrogen-bond acceptors (Lipinski definition) is 7. The molecule has 222 valence electrons. The van der Waals surface area contributed by atoms with Gasteiger partial charge in [-0.05, 0) is 49.4 Å². The van der Waals surface area contributed by atoms with Crippen LogP contribution in [0.3, 0.4) is 0 Å². The maximum absolute atomic E-state index is 14.8. The van der Waals surface area contributed by atoms with Gasteiger partial charge in [0.25, 0.3) is 10.0 Å². The summed E-state index contributed by atoms with van der Waals surface area (Å²) in [5, 5.41) is 9.67. The van der Waals surface area contributed by atoms with E-state index in [1.807, 2.05) is 18.2 Å². The molecule has 0 aliphatic carbocycles. The number of nitrogens with one attached hydrogen (secondary N) is 1. The Hall–Kier alpha value is -2.65. The van der Waals surface area contributed by atoms with Crippen LogP contribution in [0.15, 0.2) is 52.9 Å². The number of thiazole rings is 1. The van der Waals surface area contributed by atoms with E-state index in [2.05, 4.69) is 20.7 Å². The molecule has 0 amide bonds. The van der Waals surface area contributed by atoms with E-state index in [0.29, 0.717) is 12.1 Å². The van der Waals surface area contributed by atoms with Crippen LogP contribution in [0.25, 0.3) is 0 Å². The quantitative estimate of drug-likeness (QED) is 0.276. The van der Waals surface area contributed by atoms with Crippen molar-refractivity contribution in [3.8, 4) is 5.75 Å². The molecule has 2 bridgehead atoms. The van der Waals surface area contributed by atoms with Crippen LogP contribution in [0.2, 0.25) is 10.0 Å². The number of hydrogen-bond donors (Lipinski definition) is 2. The highest BCUT2D eigenvalue weighted by atomic mass is 35.5. The molecule has 2 aromatic carbocycles. The molecule has 2 aliphatic rings. The molecule has 3 atom stereocenters. The monoisotopic (exact) mass is 655 g/mol. The van der Waals surface area contributed by atoms with Crippen LogP contribution < -0.4 is 9.46 Å². The average molecular weight is 657 g/mol. The Kier molecular flexibility index (Phi) is 9.69. The van der Waals surface area contributed by atoms with Crippen molar-refractivity contribution in [3.05, 3.63) is 69.4 Å². The lowest BCUT2D eigenvalue weighted by atomic mass is 9.98. The number of anilines is 1. The number of carboxylic acid groups (broad SMARTS) is 1. The fourth-order valence-electron chi connectivity index (χ4n) is 4.85. The van der Waals surface area contributed by atoms with Gasteiger partial charge in [0.2, 0.25) is 0 Å². The Balaban J connectivity index is 0.000000493. The predicted octanol–water partition coefficient (Wildman–Crippen LogP) is 6.60. The van der Waals surface area contributed by atoms with Crippen molar-refractivity contribution in [3.63, 3.8) is 0 Å². The van der Waals surface area contributed by atoms with Gasteiger partial charge in [0, 0.05) is 41.3 Å². The molecule has 3 heterocycles. The van der Waals surface area contributed by atoms with Gasteiger partial charge in [0.1, 0.15) is 22.6 Å². The van der Waals surface area contributed by atoms with Crippen molar-refractivity contribution < 1.29 is 40.6 Å². The maximum Gasteiger partial charge on any atom is 0.490 e. The average Bonchev–Trinajstić information content (AvgIpc) is 3.45. The zero-order valence-corrected chi connectivity index (χ0v) is 24.1. The normalized spacial score (nSPS) is 20.7. The van der Waals surface area contributed by atoms with Crippen LogP contribution in [0.1, 0.15) is 31.2 Å². The minimum absolute atomic E-state index is 0.0506. The molecule has 2 aliphatic heterocycles. The summed E-state index contributed by atoms with van der Waals surface area (Å²) in [4.78, 5) is 14.7. The fraction of sp³-hybridized carbons (Fsp3) is 0.360. The van der Waals surface area contributed by atoms with Gasteiger partial charge in [0.05, 0.1) is 5.02 Å². The van der Waals surface area contributed by atoms with Gasteiger partial charge < -0.3 is 9.84 Å². The highest BCUT2D eigenvalue weighted by Crippen LogP contribution is 2.40. The van der Waals surface area contributed by atoms with Crippen molar-refractivity contribution >= 4 is 55.7 Å². The van der Waals surface area contributed by atoms with Crippen LogP contribution in [0, 0.1) is 5.82 Å². The summed E-state index contributed by atoms with van der Waals surface area (Å²) < 4.78 is 80.1. The van der Waals surface area contributed by atoms with Crippen LogP contribution in [-0.2, 0) is 21.4 Å². The number of piperidine rings is 1. The first-order valence-electron chi connectivity index (χ1n) is 12.1. The molecule has 0 saturated carbocycles. The van der Waals surface area contributed by atoms with E-state index < -0.39 is 32.9 Å². The highest BCUT2D eigenvalue weighted by molar-refractivity contribution is 7.93. The number of fused-ring (bicyclic) bond motifs is 2. The number of rotatable bonds is 7. The first kappa shape index (κ1) is 31.3. The Morgan fingerprint density at radius 3 is 2.39 bits per heavy atom. The number of carbonyl (C=O) groups is 1. The van der Waals surface area contributed by atoms with Gasteiger partial charge >= 0.3 is 12.1 Å². The van der Waals surface area contributed by atoms with Gasteiger partial charge in [0.15, 0.2) is 5.13 Å². The van der Waals surface area contributed by atoms with Crippen molar-refractivity contribution in [1.29, 1.82) is 0 Å². The Labute approximate surface area is 246 Å². The van der Waals surface area contributed by atoms with Crippen LogP contribution in [0.4, 0.5) is 22.7 Å². The smallest absolute Gasteiger partial charge is 0.489 e. The SMILES string of the molecule is O=C(O)C(F)(F)F.O=S(=O)(Nc1nccs1)c1cc(Cl)c(OC2C[C@H]3CC[C@@H](C2)N3Cc2cccc(Cl)c2)cc1F. The molecule has 8 nitrogen and oxygen atoms in total. The summed E-state index contributed by atoms with van der Waals surface area (Å²) >= 11 is 13.6. The topological polar surface area (TPSA) is 109 Å². The van der Waals surface area contributed by atoms with Gasteiger partial charge in [-0.2, -0.15) is 13.2 Å². The van der Waals surface area contributed by atoms with Crippen LogP contribution >= 0.6 is 34.5 Å².